The van der Waals surface area contributed by atoms with Gasteiger partial charge in [0.2, 0.25) is 10.0 Å². The molecule has 0 aromatic heterocycles. The summed E-state index contributed by atoms with van der Waals surface area (Å²) in [4.78, 5) is 27.8. The summed E-state index contributed by atoms with van der Waals surface area (Å²) in [5, 5.41) is 0.0560. The number of aryl methyl sites for hydroxylation is 1. The number of nitrogens with zero attached hydrogens (tertiary/aromatic N) is 1. The van der Waals surface area contributed by atoms with Gasteiger partial charge in [0.15, 0.2) is 0 Å². The highest BCUT2D eigenvalue weighted by molar-refractivity contribution is 7.90. The van der Waals surface area contributed by atoms with Crippen molar-refractivity contribution in [3.8, 4) is 5.75 Å². The average Bonchev–Trinajstić information content (AvgIpc) is 2.96. The summed E-state index contributed by atoms with van der Waals surface area (Å²) in [5.74, 6) is 0.737. The van der Waals surface area contributed by atoms with E-state index in [0.29, 0.717) is 54.0 Å². The van der Waals surface area contributed by atoms with E-state index in [1.165, 1.54) is 5.56 Å². The highest BCUT2D eigenvalue weighted by atomic mass is 35.5. The SMILES string of the molecule is CC[C@@H]1CCCCC(C=O)[C@@H]2CC[C@H]2CN2CCCCc3cc(Cl)ccc3COc3ccc(cc32)C(=O)NS1(=O)=O. The summed E-state index contributed by atoms with van der Waals surface area (Å²) in [6.45, 7) is 3.74. The van der Waals surface area contributed by atoms with Gasteiger partial charge in [-0.2, -0.15) is 0 Å². The third-order valence-corrected chi connectivity index (χ3v) is 11.5. The molecule has 0 spiro atoms. The van der Waals surface area contributed by atoms with Gasteiger partial charge in [0.25, 0.3) is 5.91 Å². The van der Waals surface area contributed by atoms with Crippen LogP contribution in [0, 0.1) is 17.8 Å². The van der Waals surface area contributed by atoms with Crippen LogP contribution in [0.1, 0.15) is 86.2 Å². The summed E-state index contributed by atoms with van der Waals surface area (Å²) in [6, 6.07) is 11.1. The van der Waals surface area contributed by atoms with Gasteiger partial charge < -0.3 is 14.4 Å². The van der Waals surface area contributed by atoms with E-state index in [0.717, 1.165) is 75.6 Å². The first-order valence-corrected chi connectivity index (χ1v) is 17.0. The molecule has 1 unspecified atom stereocenters. The molecule has 2 aromatic carbocycles. The molecular formula is C32H41ClN2O5S. The lowest BCUT2D eigenvalue weighted by Crippen LogP contribution is -2.42. The number of benzene rings is 2. The van der Waals surface area contributed by atoms with Crippen molar-refractivity contribution in [3.05, 3.63) is 58.1 Å². The minimum absolute atomic E-state index is 0.0109. The lowest BCUT2D eigenvalue weighted by Gasteiger charge is -2.43. The quantitative estimate of drug-likeness (QED) is 0.406. The molecule has 9 heteroatoms. The van der Waals surface area contributed by atoms with Crippen molar-refractivity contribution < 1.29 is 22.7 Å². The molecule has 7 nitrogen and oxygen atoms in total. The van der Waals surface area contributed by atoms with Crippen molar-refractivity contribution in [3.63, 3.8) is 0 Å². The number of fused-ring (bicyclic) bond motifs is 3. The van der Waals surface area contributed by atoms with Gasteiger partial charge in [-0.25, -0.2) is 13.1 Å². The van der Waals surface area contributed by atoms with E-state index < -0.39 is 21.2 Å². The lowest BCUT2D eigenvalue weighted by atomic mass is 9.66. The van der Waals surface area contributed by atoms with Gasteiger partial charge in [0.1, 0.15) is 18.6 Å². The molecular weight excluding hydrogens is 560 g/mol. The third kappa shape index (κ3) is 6.91. The molecule has 4 atom stereocenters. The number of hydrogen-bond donors (Lipinski definition) is 1. The van der Waals surface area contributed by atoms with E-state index in [2.05, 4.69) is 9.62 Å². The van der Waals surface area contributed by atoms with Gasteiger partial charge in [-0.15, -0.1) is 0 Å². The molecule has 2 bridgehead atoms. The van der Waals surface area contributed by atoms with Gasteiger partial charge in [-0.3, -0.25) is 4.79 Å². The van der Waals surface area contributed by atoms with Crippen LogP contribution in [0.5, 0.6) is 5.75 Å². The first kappa shape index (κ1) is 29.9. The number of amides is 1. The maximum Gasteiger partial charge on any atom is 0.264 e. The van der Waals surface area contributed by atoms with Crippen molar-refractivity contribution in [1.82, 2.24) is 4.72 Å². The topological polar surface area (TPSA) is 92.8 Å². The van der Waals surface area contributed by atoms with Crippen LogP contribution in [0.2, 0.25) is 5.02 Å². The van der Waals surface area contributed by atoms with Crippen LogP contribution in [0.15, 0.2) is 36.4 Å². The van der Waals surface area contributed by atoms with Gasteiger partial charge in [0, 0.05) is 29.6 Å². The molecule has 1 N–H and O–H groups in total. The first-order valence-electron chi connectivity index (χ1n) is 15.1. The van der Waals surface area contributed by atoms with Crippen LogP contribution >= 0.6 is 11.6 Å². The van der Waals surface area contributed by atoms with Crippen LogP contribution < -0.4 is 14.4 Å². The Morgan fingerprint density at radius 2 is 1.85 bits per heavy atom. The Kier molecular flexibility index (Phi) is 9.59. The van der Waals surface area contributed by atoms with E-state index in [9.17, 15) is 18.0 Å². The number of carbonyl (C=O) groups excluding carboxylic acids is 2. The maximum atomic E-state index is 13.3. The van der Waals surface area contributed by atoms with Crippen molar-refractivity contribution in [2.75, 3.05) is 18.0 Å². The van der Waals surface area contributed by atoms with Gasteiger partial charge in [-0.1, -0.05) is 37.4 Å². The van der Waals surface area contributed by atoms with Crippen molar-refractivity contribution in [2.45, 2.75) is 83.0 Å². The Bertz CT molecular complexity index is 1360. The zero-order valence-electron chi connectivity index (χ0n) is 23.8. The summed E-state index contributed by atoms with van der Waals surface area (Å²) >= 11 is 6.30. The van der Waals surface area contributed by atoms with E-state index in [-0.39, 0.29) is 5.92 Å². The largest absolute Gasteiger partial charge is 0.487 e. The molecule has 222 valence electrons. The molecule has 5 rings (SSSR count). The average molecular weight is 601 g/mol. The van der Waals surface area contributed by atoms with Gasteiger partial charge in [0.05, 0.1) is 10.9 Å². The van der Waals surface area contributed by atoms with E-state index in [1.54, 1.807) is 18.2 Å². The fourth-order valence-electron chi connectivity index (χ4n) is 6.73. The summed E-state index contributed by atoms with van der Waals surface area (Å²) in [6.07, 6.45) is 9.22. The van der Waals surface area contributed by atoms with Crippen molar-refractivity contribution >= 4 is 39.5 Å². The molecule has 1 amide bonds. The second-order valence-corrected chi connectivity index (χ2v) is 14.3. The molecule has 41 heavy (non-hydrogen) atoms. The number of hydrogen-bond acceptors (Lipinski definition) is 6. The smallest absolute Gasteiger partial charge is 0.264 e. The zero-order valence-corrected chi connectivity index (χ0v) is 25.4. The molecule has 1 fully saturated rings. The number of sulfonamides is 1. The van der Waals surface area contributed by atoms with Crippen LogP contribution in [0.25, 0.3) is 0 Å². The standard InChI is InChI=1S/C32H41ClN2O5S/c1-2-28-9-4-3-8-25(20-36)29-14-11-24(29)19-35-16-6-5-7-22-17-27(33)13-10-26(22)21-40-31-15-12-23(18-30(31)35)32(37)34-41(28,38)39/h10,12-13,15,17-18,20,24-25,28-29H,2-9,11,14,16,19,21H2,1H3,(H,34,37)/t24-,25?,28+,29+/m0/s1. The third-order valence-electron chi connectivity index (χ3n) is 9.34. The Labute approximate surface area is 249 Å². The number of anilines is 1. The number of carbonyl (C=O) groups is 2. The zero-order chi connectivity index (χ0) is 29.0. The fourth-order valence-corrected chi connectivity index (χ4v) is 8.39. The summed E-state index contributed by atoms with van der Waals surface area (Å²) in [7, 11) is -3.85. The van der Waals surface area contributed by atoms with Crippen LogP contribution in [0.4, 0.5) is 5.69 Å². The van der Waals surface area contributed by atoms with Gasteiger partial charge in [-0.05, 0) is 105 Å². The Morgan fingerprint density at radius 3 is 2.61 bits per heavy atom. The number of halogens is 1. The van der Waals surface area contributed by atoms with Crippen molar-refractivity contribution in [2.24, 2.45) is 17.8 Å². The monoisotopic (exact) mass is 600 g/mol. The van der Waals surface area contributed by atoms with Gasteiger partial charge >= 0.3 is 0 Å². The predicted octanol–water partition coefficient (Wildman–Crippen LogP) is 6.32. The fraction of sp³-hybridized carbons (Fsp3) is 0.562. The number of aldehydes is 1. The molecule has 0 saturated heterocycles. The van der Waals surface area contributed by atoms with E-state index in [4.69, 9.17) is 16.3 Å². The normalized spacial score (nSPS) is 27.1. The molecule has 2 aliphatic heterocycles. The van der Waals surface area contributed by atoms with Crippen LogP contribution in [-0.4, -0.2) is 39.0 Å². The lowest BCUT2D eigenvalue weighted by molar-refractivity contribution is -0.115. The highest BCUT2D eigenvalue weighted by Gasteiger charge is 2.38. The number of ether oxygens (including phenoxy) is 1. The number of rotatable bonds is 2. The van der Waals surface area contributed by atoms with Crippen LogP contribution in [-0.2, 0) is 27.8 Å². The second-order valence-electron chi connectivity index (χ2n) is 11.9. The number of nitrogens with one attached hydrogen (secondary N) is 1. The highest BCUT2D eigenvalue weighted by Crippen LogP contribution is 2.43. The molecule has 1 aliphatic carbocycles. The summed E-state index contributed by atoms with van der Waals surface area (Å²) in [5.41, 5.74) is 3.34. The molecule has 0 radical (unpaired) electrons. The minimum atomic E-state index is -3.85. The predicted molar refractivity (Wildman–Crippen MR) is 162 cm³/mol. The first-order chi connectivity index (χ1) is 19.8. The molecule has 2 aromatic rings. The Morgan fingerprint density at radius 1 is 1.02 bits per heavy atom. The van der Waals surface area contributed by atoms with Crippen molar-refractivity contribution in [1.29, 1.82) is 0 Å². The Balaban J connectivity index is 1.53. The van der Waals surface area contributed by atoms with E-state index in [1.807, 2.05) is 25.1 Å². The molecule has 2 heterocycles. The molecule has 1 saturated carbocycles. The second kappa shape index (κ2) is 13.2. The summed E-state index contributed by atoms with van der Waals surface area (Å²) < 4.78 is 35.1. The molecule has 3 aliphatic rings. The van der Waals surface area contributed by atoms with Crippen LogP contribution in [0.3, 0.4) is 0 Å². The Hall–Kier alpha value is -2.58. The van der Waals surface area contributed by atoms with E-state index >= 15 is 0 Å². The minimum Gasteiger partial charge on any atom is -0.487 e. The maximum absolute atomic E-state index is 13.3.